The average Bonchev–Trinajstić information content (AvgIpc) is 3.16. The molecule has 0 atom stereocenters. The number of nitrogens with one attached hydrogen (secondary N) is 1. The van der Waals surface area contributed by atoms with E-state index in [4.69, 9.17) is 4.74 Å². The minimum absolute atomic E-state index is 0.863. The topological polar surface area (TPSA) is 29.9 Å². The molecule has 0 aliphatic carbocycles. The summed E-state index contributed by atoms with van der Waals surface area (Å²) in [4.78, 5) is 3.59. The first-order valence-corrected chi connectivity index (χ1v) is 8.01. The molecule has 5 aromatic rings. The number of hydrogen-bond donors (Lipinski definition) is 1. The Morgan fingerprint density at radius 2 is 1.62 bits per heavy atom. The number of hydrogen-bond acceptors (Lipinski definition) is 1. The van der Waals surface area contributed by atoms with Crippen molar-refractivity contribution in [2.24, 2.45) is 0 Å². The van der Waals surface area contributed by atoms with Gasteiger partial charge >= 0.3 is 0 Å². The second-order valence-corrected chi connectivity index (χ2v) is 5.95. The maximum Gasteiger partial charge on any atom is 0.120 e. The summed E-state index contributed by atoms with van der Waals surface area (Å²) in [5.41, 5.74) is 5.84. The summed E-state index contributed by atoms with van der Waals surface area (Å²) in [5.74, 6) is 0.863. The number of benzene rings is 3. The Hall–Kier alpha value is -3.20. The molecule has 0 saturated carbocycles. The van der Waals surface area contributed by atoms with Gasteiger partial charge in [0.1, 0.15) is 5.75 Å². The van der Waals surface area contributed by atoms with Crippen LogP contribution in [0.4, 0.5) is 0 Å². The van der Waals surface area contributed by atoms with Crippen molar-refractivity contribution in [1.29, 1.82) is 0 Å². The smallest absolute Gasteiger partial charge is 0.120 e. The van der Waals surface area contributed by atoms with Gasteiger partial charge in [0, 0.05) is 22.5 Å². The number of nitrogens with zero attached hydrogens (tertiary/aromatic N) is 1. The molecular weight excluding hydrogens is 296 g/mol. The van der Waals surface area contributed by atoms with E-state index in [9.17, 15) is 0 Å². The fourth-order valence-corrected chi connectivity index (χ4v) is 3.56. The van der Waals surface area contributed by atoms with Crippen LogP contribution >= 0.6 is 0 Å². The summed E-state index contributed by atoms with van der Waals surface area (Å²) in [6.07, 6.45) is 0. The van der Waals surface area contributed by atoms with Crippen molar-refractivity contribution in [2.45, 2.75) is 0 Å². The molecule has 0 radical (unpaired) electrons. The van der Waals surface area contributed by atoms with Crippen molar-refractivity contribution in [3.8, 4) is 11.4 Å². The van der Waals surface area contributed by atoms with Crippen molar-refractivity contribution in [3.05, 3.63) is 72.8 Å². The predicted molar refractivity (Wildman–Crippen MR) is 99.2 cm³/mol. The highest BCUT2D eigenvalue weighted by Gasteiger charge is 2.16. The highest BCUT2D eigenvalue weighted by molar-refractivity contribution is 6.18. The van der Waals surface area contributed by atoms with Crippen molar-refractivity contribution in [2.75, 3.05) is 7.11 Å². The first-order valence-electron chi connectivity index (χ1n) is 8.01. The number of H-pyrrole nitrogens is 1. The van der Waals surface area contributed by atoms with E-state index < -0.39 is 0 Å². The van der Waals surface area contributed by atoms with Crippen molar-refractivity contribution < 1.29 is 4.74 Å². The maximum atomic E-state index is 5.37. The number of methoxy groups -OCH3 is 1. The second-order valence-electron chi connectivity index (χ2n) is 5.95. The summed E-state index contributed by atoms with van der Waals surface area (Å²) in [6.45, 7) is 0. The molecule has 24 heavy (non-hydrogen) atoms. The van der Waals surface area contributed by atoms with Gasteiger partial charge < -0.3 is 14.3 Å². The van der Waals surface area contributed by atoms with Gasteiger partial charge in [0.15, 0.2) is 0 Å². The Morgan fingerprint density at radius 1 is 0.833 bits per heavy atom. The third kappa shape index (κ3) is 1.72. The lowest BCUT2D eigenvalue weighted by Crippen LogP contribution is -1.92. The number of para-hydroxylation sites is 2. The van der Waals surface area contributed by atoms with Crippen LogP contribution in [0.2, 0.25) is 0 Å². The van der Waals surface area contributed by atoms with E-state index in [-0.39, 0.29) is 0 Å². The minimum atomic E-state index is 0.863. The van der Waals surface area contributed by atoms with Gasteiger partial charge in [-0.1, -0.05) is 36.4 Å². The van der Waals surface area contributed by atoms with Gasteiger partial charge in [-0.3, -0.25) is 0 Å². The molecule has 0 aliphatic rings. The molecule has 3 aromatic carbocycles. The van der Waals surface area contributed by atoms with E-state index in [1.54, 1.807) is 7.11 Å². The van der Waals surface area contributed by atoms with Crippen LogP contribution < -0.4 is 4.74 Å². The number of fused-ring (bicyclic) bond motifs is 5. The molecule has 3 heteroatoms. The summed E-state index contributed by atoms with van der Waals surface area (Å²) in [5, 5.41) is 2.43. The van der Waals surface area contributed by atoms with Crippen molar-refractivity contribution in [3.63, 3.8) is 0 Å². The van der Waals surface area contributed by atoms with Gasteiger partial charge in [0.25, 0.3) is 0 Å². The van der Waals surface area contributed by atoms with Crippen LogP contribution in [-0.4, -0.2) is 16.7 Å². The molecule has 1 N–H and O–H groups in total. The summed E-state index contributed by atoms with van der Waals surface area (Å²) < 4.78 is 7.70. The van der Waals surface area contributed by atoms with Crippen LogP contribution in [0.25, 0.3) is 38.5 Å². The lowest BCUT2D eigenvalue weighted by molar-refractivity contribution is 0.415. The van der Waals surface area contributed by atoms with Gasteiger partial charge in [0.05, 0.1) is 29.2 Å². The van der Waals surface area contributed by atoms with Crippen molar-refractivity contribution in [1.82, 2.24) is 9.55 Å². The Balaban J connectivity index is 2.00. The number of ether oxygens (including phenoxy) is 1. The van der Waals surface area contributed by atoms with Crippen LogP contribution in [0.5, 0.6) is 5.75 Å². The van der Waals surface area contributed by atoms with Crippen molar-refractivity contribution >= 4 is 32.8 Å². The van der Waals surface area contributed by atoms with Gasteiger partial charge in [-0.2, -0.15) is 0 Å². The largest absolute Gasteiger partial charge is 0.497 e. The monoisotopic (exact) mass is 312 g/mol. The molecule has 0 bridgehead atoms. The van der Waals surface area contributed by atoms with E-state index in [0.717, 1.165) is 16.8 Å². The molecule has 0 spiro atoms. The summed E-state index contributed by atoms with van der Waals surface area (Å²) >= 11 is 0. The van der Waals surface area contributed by atoms with E-state index in [1.165, 1.54) is 27.5 Å². The molecule has 3 nitrogen and oxygen atoms in total. The molecule has 0 unspecified atom stereocenters. The Labute approximate surface area is 139 Å². The normalized spacial score (nSPS) is 11.5. The number of aromatic nitrogens is 2. The fourth-order valence-electron chi connectivity index (χ4n) is 3.56. The fraction of sp³-hybridized carbons (Fsp3) is 0.0476. The van der Waals surface area contributed by atoms with Crippen LogP contribution in [0.15, 0.2) is 72.8 Å². The molecule has 5 rings (SSSR count). The Morgan fingerprint density at radius 3 is 2.46 bits per heavy atom. The van der Waals surface area contributed by atoms with E-state index in [2.05, 4.69) is 70.2 Å². The zero-order valence-electron chi connectivity index (χ0n) is 13.3. The highest BCUT2D eigenvalue weighted by Crippen LogP contribution is 2.37. The van der Waals surface area contributed by atoms with Crippen LogP contribution in [0, 0.1) is 0 Å². The standard InChI is InChI=1S/C21H16N2O/c1-24-15-11-12-16-18(13-15)22-20-17-9-5-6-10-19(17)23(21(16)20)14-7-3-2-4-8-14/h2-13,22H,1H3. The van der Waals surface area contributed by atoms with Gasteiger partial charge in [0.2, 0.25) is 0 Å². The predicted octanol–water partition coefficient (Wildman–Crippen LogP) is 5.27. The first-order chi connectivity index (χ1) is 11.9. The Bertz CT molecular complexity index is 1180. The number of aromatic amines is 1. The summed E-state index contributed by atoms with van der Waals surface area (Å²) in [6, 6.07) is 25.2. The van der Waals surface area contributed by atoms with Crippen LogP contribution in [-0.2, 0) is 0 Å². The zero-order chi connectivity index (χ0) is 16.1. The van der Waals surface area contributed by atoms with Crippen LogP contribution in [0.1, 0.15) is 0 Å². The minimum Gasteiger partial charge on any atom is -0.497 e. The SMILES string of the molecule is COc1ccc2c(c1)[nH]c1c3ccccc3n(-c3ccccc3)c21. The molecule has 0 fully saturated rings. The van der Waals surface area contributed by atoms with E-state index in [0.29, 0.717) is 0 Å². The molecule has 2 aromatic heterocycles. The number of rotatable bonds is 2. The van der Waals surface area contributed by atoms with E-state index >= 15 is 0 Å². The third-order valence-electron chi connectivity index (χ3n) is 4.63. The van der Waals surface area contributed by atoms with Gasteiger partial charge in [-0.25, -0.2) is 0 Å². The van der Waals surface area contributed by atoms with E-state index in [1.807, 2.05) is 12.1 Å². The third-order valence-corrected chi connectivity index (χ3v) is 4.63. The molecule has 0 saturated heterocycles. The maximum absolute atomic E-state index is 5.37. The molecule has 0 aliphatic heterocycles. The average molecular weight is 312 g/mol. The van der Waals surface area contributed by atoms with Gasteiger partial charge in [-0.15, -0.1) is 0 Å². The summed E-state index contributed by atoms with van der Waals surface area (Å²) in [7, 11) is 1.70. The van der Waals surface area contributed by atoms with Gasteiger partial charge in [-0.05, 0) is 30.3 Å². The highest BCUT2D eigenvalue weighted by atomic mass is 16.5. The van der Waals surface area contributed by atoms with Crippen LogP contribution in [0.3, 0.4) is 0 Å². The molecule has 116 valence electrons. The lowest BCUT2D eigenvalue weighted by atomic mass is 10.2. The second kappa shape index (κ2) is 4.90. The first kappa shape index (κ1) is 13.3. The Kier molecular flexibility index (Phi) is 2.71. The molecular formula is C21H16N2O. The quantitative estimate of drug-likeness (QED) is 0.472. The molecule has 2 heterocycles. The lowest BCUT2D eigenvalue weighted by Gasteiger charge is -2.07. The zero-order valence-corrected chi connectivity index (χ0v) is 13.3. The molecule has 0 amide bonds.